The molecule has 4 aliphatic rings. The number of hydrogen-bond donors (Lipinski definition) is 2. The van der Waals surface area contributed by atoms with Crippen LogP contribution in [0.5, 0.6) is 0 Å². The van der Waals surface area contributed by atoms with Crippen LogP contribution in [0, 0.1) is 11.3 Å². The Morgan fingerprint density at radius 3 is 2.80 bits per heavy atom. The lowest BCUT2D eigenvalue weighted by atomic mass is 9.55. The second-order valence-corrected chi connectivity index (χ2v) is 6.82. The van der Waals surface area contributed by atoms with Crippen molar-refractivity contribution in [2.75, 3.05) is 0 Å². The van der Waals surface area contributed by atoms with Gasteiger partial charge in [0.15, 0.2) is 0 Å². The Bertz CT molecular complexity index is 587. The van der Waals surface area contributed by atoms with Gasteiger partial charge in [-0.1, -0.05) is 6.92 Å². The van der Waals surface area contributed by atoms with Crippen LogP contribution in [0.3, 0.4) is 0 Å². The molecule has 0 aromatic carbocycles. The molecule has 0 aromatic heterocycles. The molecule has 0 aromatic rings. The second-order valence-electron chi connectivity index (χ2n) is 6.82. The summed E-state index contributed by atoms with van der Waals surface area (Å²) < 4.78 is 10.8. The maximum absolute atomic E-state index is 11.7. The van der Waals surface area contributed by atoms with E-state index in [-0.39, 0.29) is 24.1 Å². The highest BCUT2D eigenvalue weighted by Gasteiger charge is 2.70. The first kappa shape index (κ1) is 12.6. The van der Waals surface area contributed by atoms with Crippen LogP contribution in [0.25, 0.3) is 0 Å². The van der Waals surface area contributed by atoms with Crippen LogP contribution in [-0.2, 0) is 14.3 Å². The number of carbonyl (C=O) groups is 1. The molecule has 2 heterocycles. The molecule has 2 aliphatic heterocycles. The van der Waals surface area contributed by atoms with Gasteiger partial charge in [0.2, 0.25) is 0 Å². The number of ether oxygens (including phenoxy) is 2. The third-order valence-electron chi connectivity index (χ3n) is 5.62. The zero-order chi connectivity index (χ0) is 14.4. The molecule has 2 aliphatic carbocycles. The number of aliphatic hydroxyl groups is 2. The first-order valence-electron chi connectivity index (χ1n) is 6.98. The standard InChI is InChI=1S/C15H18O5/c1-6-7-4-9-14(2,5-8(7)19-13(6)17)11(16)10-12(20-10)15(9,3)18/h5,9-12,16,18H,4H2,1-3H3/t9-,10-,11-,12-,14-,15+/m1/s1. The Balaban J connectivity index is 1.87. The number of aliphatic hydroxyl groups excluding tert-OH is 1. The lowest BCUT2D eigenvalue weighted by Gasteiger charge is -2.50. The molecule has 0 amide bonds. The van der Waals surface area contributed by atoms with Crippen molar-refractivity contribution in [3.05, 3.63) is 23.0 Å². The van der Waals surface area contributed by atoms with Crippen LogP contribution >= 0.6 is 0 Å². The molecule has 20 heavy (non-hydrogen) atoms. The van der Waals surface area contributed by atoms with Crippen molar-refractivity contribution in [3.63, 3.8) is 0 Å². The maximum Gasteiger partial charge on any atom is 0.339 e. The van der Waals surface area contributed by atoms with Crippen molar-refractivity contribution >= 4 is 5.97 Å². The highest BCUT2D eigenvalue weighted by atomic mass is 16.6. The van der Waals surface area contributed by atoms with Gasteiger partial charge in [0.25, 0.3) is 0 Å². The smallest absolute Gasteiger partial charge is 0.339 e. The van der Waals surface area contributed by atoms with E-state index in [0.29, 0.717) is 17.8 Å². The predicted molar refractivity (Wildman–Crippen MR) is 68.4 cm³/mol. The van der Waals surface area contributed by atoms with Gasteiger partial charge in [-0.2, -0.15) is 0 Å². The van der Waals surface area contributed by atoms with Gasteiger partial charge in [0, 0.05) is 22.5 Å². The lowest BCUT2D eigenvalue weighted by Crippen LogP contribution is -2.60. The summed E-state index contributed by atoms with van der Waals surface area (Å²) in [6.07, 6.45) is 1.00. The predicted octanol–water partition coefficient (Wildman–Crippen LogP) is 0.663. The number of carbonyl (C=O) groups excluding carboxylic acids is 1. The summed E-state index contributed by atoms with van der Waals surface area (Å²) in [7, 11) is 0. The van der Waals surface area contributed by atoms with Crippen molar-refractivity contribution in [2.45, 2.75) is 51.1 Å². The average molecular weight is 278 g/mol. The highest BCUT2D eigenvalue weighted by Crippen LogP contribution is 2.60. The summed E-state index contributed by atoms with van der Waals surface area (Å²) in [5.41, 5.74) is -0.212. The van der Waals surface area contributed by atoms with E-state index < -0.39 is 17.1 Å². The zero-order valence-corrected chi connectivity index (χ0v) is 11.7. The van der Waals surface area contributed by atoms with E-state index >= 15 is 0 Å². The molecule has 2 N–H and O–H groups in total. The highest BCUT2D eigenvalue weighted by molar-refractivity contribution is 5.94. The summed E-state index contributed by atoms with van der Waals surface area (Å²) in [5, 5.41) is 21.3. The van der Waals surface area contributed by atoms with Crippen molar-refractivity contribution in [3.8, 4) is 0 Å². The largest absolute Gasteiger partial charge is 0.423 e. The fourth-order valence-electron chi connectivity index (χ4n) is 4.24. The Labute approximate surface area is 116 Å². The zero-order valence-electron chi connectivity index (χ0n) is 11.7. The minimum atomic E-state index is -1.01. The lowest BCUT2D eigenvalue weighted by molar-refractivity contribution is -0.134. The van der Waals surface area contributed by atoms with Gasteiger partial charge in [-0.05, 0) is 26.3 Å². The average Bonchev–Trinajstić information content (AvgIpc) is 3.12. The van der Waals surface area contributed by atoms with Gasteiger partial charge in [-0.15, -0.1) is 0 Å². The molecule has 1 saturated carbocycles. The topological polar surface area (TPSA) is 79.3 Å². The van der Waals surface area contributed by atoms with Gasteiger partial charge in [0.05, 0.1) is 11.7 Å². The molecule has 5 heteroatoms. The number of epoxide rings is 1. The monoisotopic (exact) mass is 278 g/mol. The van der Waals surface area contributed by atoms with Crippen molar-refractivity contribution < 1.29 is 24.5 Å². The van der Waals surface area contributed by atoms with Crippen LogP contribution in [0.15, 0.2) is 23.0 Å². The molecule has 0 bridgehead atoms. The van der Waals surface area contributed by atoms with Crippen LogP contribution in [0.2, 0.25) is 0 Å². The van der Waals surface area contributed by atoms with Crippen molar-refractivity contribution in [1.82, 2.24) is 0 Å². The first-order chi connectivity index (χ1) is 9.26. The molecule has 4 rings (SSSR count). The fourth-order valence-corrected chi connectivity index (χ4v) is 4.24. The van der Waals surface area contributed by atoms with Crippen molar-refractivity contribution in [2.24, 2.45) is 11.3 Å². The van der Waals surface area contributed by atoms with E-state index in [2.05, 4.69) is 0 Å². The molecular formula is C15H18O5. The minimum absolute atomic E-state index is 0.197. The molecule has 2 fully saturated rings. The molecule has 0 spiro atoms. The van der Waals surface area contributed by atoms with E-state index in [1.54, 1.807) is 13.8 Å². The number of fused-ring (bicyclic) bond motifs is 3. The normalized spacial score (nSPS) is 52.9. The summed E-state index contributed by atoms with van der Waals surface area (Å²) in [6.45, 7) is 5.41. The van der Waals surface area contributed by atoms with Crippen LogP contribution < -0.4 is 0 Å². The summed E-state index contributed by atoms with van der Waals surface area (Å²) in [4.78, 5) is 11.7. The van der Waals surface area contributed by atoms with E-state index in [1.807, 2.05) is 13.0 Å². The van der Waals surface area contributed by atoms with Gasteiger partial charge >= 0.3 is 5.97 Å². The second kappa shape index (κ2) is 3.35. The number of allylic oxidation sites excluding steroid dienone is 1. The SMILES string of the molecule is CC1=C2C[C@H]3[C@](C)(O)[C@@H]4O[C@@H]4[C@@H](O)[C@]3(C)C=C2OC1=O. The molecule has 6 atom stereocenters. The van der Waals surface area contributed by atoms with Crippen molar-refractivity contribution in [1.29, 1.82) is 0 Å². The Hall–Kier alpha value is -1.17. The number of rotatable bonds is 0. The molecule has 0 radical (unpaired) electrons. The summed E-state index contributed by atoms with van der Waals surface area (Å²) in [6, 6.07) is 0. The van der Waals surface area contributed by atoms with Gasteiger partial charge in [-0.3, -0.25) is 0 Å². The maximum atomic E-state index is 11.7. The third-order valence-corrected chi connectivity index (χ3v) is 5.62. The number of esters is 1. The summed E-state index contributed by atoms with van der Waals surface area (Å²) in [5.74, 6) is 0.0150. The minimum Gasteiger partial charge on any atom is -0.423 e. The van der Waals surface area contributed by atoms with Crippen LogP contribution in [-0.4, -0.2) is 40.1 Å². The first-order valence-corrected chi connectivity index (χ1v) is 6.98. The van der Waals surface area contributed by atoms with E-state index in [0.717, 1.165) is 5.57 Å². The molecule has 108 valence electrons. The Morgan fingerprint density at radius 2 is 2.10 bits per heavy atom. The number of hydrogen-bond acceptors (Lipinski definition) is 5. The molecular weight excluding hydrogens is 260 g/mol. The Kier molecular flexibility index (Phi) is 2.10. The van der Waals surface area contributed by atoms with Gasteiger partial charge < -0.3 is 19.7 Å². The Morgan fingerprint density at radius 1 is 1.40 bits per heavy atom. The third kappa shape index (κ3) is 1.26. The molecule has 1 saturated heterocycles. The van der Waals surface area contributed by atoms with E-state index in [9.17, 15) is 15.0 Å². The van der Waals surface area contributed by atoms with Gasteiger partial charge in [0.1, 0.15) is 18.0 Å². The quantitative estimate of drug-likeness (QED) is 0.503. The fraction of sp³-hybridized carbons (Fsp3) is 0.667. The molecule has 5 nitrogen and oxygen atoms in total. The van der Waals surface area contributed by atoms with Crippen LogP contribution in [0.4, 0.5) is 0 Å². The van der Waals surface area contributed by atoms with E-state index in [4.69, 9.17) is 9.47 Å². The van der Waals surface area contributed by atoms with Crippen LogP contribution in [0.1, 0.15) is 27.2 Å². The molecule has 0 unspecified atom stereocenters. The van der Waals surface area contributed by atoms with E-state index in [1.165, 1.54) is 0 Å². The summed E-state index contributed by atoms with van der Waals surface area (Å²) >= 11 is 0. The van der Waals surface area contributed by atoms with Gasteiger partial charge in [-0.25, -0.2) is 4.79 Å².